The highest BCUT2D eigenvalue weighted by molar-refractivity contribution is 7.11. The molecule has 11 heteroatoms. The number of amides is 2. The van der Waals surface area contributed by atoms with E-state index in [4.69, 9.17) is 10.5 Å². The molecule has 2 rings (SSSR count). The lowest BCUT2D eigenvalue weighted by atomic mass is 10.1. The summed E-state index contributed by atoms with van der Waals surface area (Å²) in [4.78, 5) is 23.1. The van der Waals surface area contributed by atoms with Crippen LogP contribution in [0.25, 0.3) is 0 Å². The monoisotopic (exact) mass is 386 g/mol. The van der Waals surface area contributed by atoms with Crippen molar-refractivity contribution < 1.29 is 28.2 Å². The fourth-order valence-electron chi connectivity index (χ4n) is 1.93. The maximum atomic E-state index is 13.8. The second-order valence-corrected chi connectivity index (χ2v) is 5.92. The van der Waals surface area contributed by atoms with E-state index < -0.39 is 30.2 Å². The molecule has 0 fully saturated rings. The van der Waals surface area contributed by atoms with Gasteiger partial charge in [0, 0.05) is 18.7 Å². The van der Waals surface area contributed by atoms with Crippen LogP contribution < -0.4 is 21.1 Å². The predicted octanol–water partition coefficient (Wildman–Crippen LogP) is 2.09. The zero-order valence-corrected chi connectivity index (χ0v) is 14.5. The second kappa shape index (κ2) is 8.54. The largest absolute Gasteiger partial charge is 0.477 e. The molecule has 140 valence electrons. The number of nitrogens with zero attached hydrogens (tertiary/aromatic N) is 1. The highest BCUT2D eigenvalue weighted by atomic mass is 32.1. The summed E-state index contributed by atoms with van der Waals surface area (Å²) < 4.78 is 36.4. The van der Waals surface area contributed by atoms with Crippen LogP contribution in [0.15, 0.2) is 12.1 Å². The number of halogens is 2. The van der Waals surface area contributed by atoms with E-state index in [0.717, 1.165) is 12.1 Å². The number of ether oxygens (including phenoxy) is 1. The van der Waals surface area contributed by atoms with Crippen LogP contribution in [0.5, 0.6) is 5.88 Å². The molecule has 0 saturated heterocycles. The van der Waals surface area contributed by atoms with Crippen LogP contribution in [0, 0.1) is 18.6 Å². The molecule has 0 spiro atoms. The summed E-state index contributed by atoms with van der Waals surface area (Å²) in [7, 11) is 0. The SMILES string of the molecule is Cc1cc(F)c(COc2nsc(NC(=O)NCCN)c2C(=O)O)cc1F. The number of hydrogen-bond donors (Lipinski definition) is 4. The zero-order valence-electron chi connectivity index (χ0n) is 13.6. The first-order chi connectivity index (χ1) is 12.3. The topological polar surface area (TPSA) is 127 Å². The van der Waals surface area contributed by atoms with Gasteiger partial charge in [-0.2, -0.15) is 4.37 Å². The van der Waals surface area contributed by atoms with Crippen molar-refractivity contribution in [2.24, 2.45) is 5.73 Å². The average Bonchev–Trinajstić information content (AvgIpc) is 2.97. The first-order valence-corrected chi connectivity index (χ1v) is 8.16. The molecule has 0 atom stereocenters. The number of carboxylic acids is 1. The minimum Gasteiger partial charge on any atom is -0.477 e. The minimum absolute atomic E-state index is 0.0578. The highest BCUT2D eigenvalue weighted by Gasteiger charge is 2.23. The van der Waals surface area contributed by atoms with Gasteiger partial charge in [0.15, 0.2) is 5.56 Å². The Morgan fingerprint density at radius 1 is 1.35 bits per heavy atom. The Balaban J connectivity index is 2.16. The van der Waals surface area contributed by atoms with E-state index in [0.29, 0.717) is 11.5 Å². The molecule has 0 unspecified atom stereocenters. The Labute approximate surface area is 151 Å². The second-order valence-electron chi connectivity index (χ2n) is 5.15. The van der Waals surface area contributed by atoms with Gasteiger partial charge in [0.1, 0.15) is 23.2 Å². The van der Waals surface area contributed by atoms with Crippen LogP contribution in [0.3, 0.4) is 0 Å². The van der Waals surface area contributed by atoms with Gasteiger partial charge in [-0.3, -0.25) is 5.32 Å². The number of aryl methyl sites for hydroxylation is 1. The molecule has 5 N–H and O–H groups in total. The Kier molecular flexibility index (Phi) is 6.41. The Hall–Kier alpha value is -2.79. The normalized spacial score (nSPS) is 10.5. The number of nitrogens with two attached hydrogens (primary N) is 1. The van der Waals surface area contributed by atoms with Gasteiger partial charge in [0.05, 0.1) is 0 Å². The number of urea groups is 1. The number of benzene rings is 1. The number of hydrogen-bond acceptors (Lipinski definition) is 6. The lowest BCUT2D eigenvalue weighted by Gasteiger charge is -2.08. The minimum atomic E-state index is -1.39. The van der Waals surface area contributed by atoms with Crippen molar-refractivity contribution in [3.63, 3.8) is 0 Å². The fraction of sp³-hybridized carbons (Fsp3) is 0.267. The molecule has 0 aliphatic heterocycles. The average molecular weight is 386 g/mol. The number of rotatable bonds is 7. The molecule has 0 radical (unpaired) electrons. The van der Waals surface area contributed by atoms with Gasteiger partial charge in [-0.05, 0) is 36.2 Å². The molecule has 1 heterocycles. The first kappa shape index (κ1) is 19.5. The number of aromatic carboxylic acids is 1. The molecule has 0 bridgehead atoms. The summed E-state index contributed by atoms with van der Waals surface area (Å²) in [5.74, 6) is -2.99. The van der Waals surface area contributed by atoms with Gasteiger partial charge < -0.3 is 20.9 Å². The molecule has 2 aromatic rings. The number of aromatic nitrogens is 1. The van der Waals surface area contributed by atoms with Crippen LogP contribution in [0.2, 0.25) is 0 Å². The molecular formula is C15H16F2N4O4S. The van der Waals surface area contributed by atoms with Gasteiger partial charge in [0.2, 0.25) is 5.88 Å². The molecule has 2 amide bonds. The lowest BCUT2D eigenvalue weighted by molar-refractivity contribution is 0.0693. The van der Waals surface area contributed by atoms with Crippen LogP contribution >= 0.6 is 11.5 Å². The van der Waals surface area contributed by atoms with Crippen molar-refractivity contribution in [3.8, 4) is 5.88 Å². The maximum absolute atomic E-state index is 13.8. The van der Waals surface area contributed by atoms with Crippen LogP contribution in [-0.2, 0) is 6.61 Å². The van der Waals surface area contributed by atoms with Crippen molar-refractivity contribution in [1.82, 2.24) is 9.69 Å². The van der Waals surface area contributed by atoms with Gasteiger partial charge in [0.25, 0.3) is 0 Å². The smallest absolute Gasteiger partial charge is 0.344 e. The van der Waals surface area contributed by atoms with Crippen LogP contribution in [-0.4, -0.2) is 34.6 Å². The summed E-state index contributed by atoms with van der Waals surface area (Å²) in [5.41, 5.74) is 4.92. The molecule has 0 aliphatic carbocycles. The number of carbonyl (C=O) groups excluding carboxylic acids is 1. The van der Waals surface area contributed by atoms with Crippen LogP contribution in [0.1, 0.15) is 21.5 Å². The van der Waals surface area contributed by atoms with Crippen molar-refractivity contribution in [1.29, 1.82) is 0 Å². The van der Waals surface area contributed by atoms with Crippen molar-refractivity contribution in [3.05, 3.63) is 40.5 Å². The van der Waals surface area contributed by atoms with E-state index >= 15 is 0 Å². The highest BCUT2D eigenvalue weighted by Crippen LogP contribution is 2.31. The zero-order chi connectivity index (χ0) is 19.3. The van der Waals surface area contributed by atoms with Gasteiger partial charge in [-0.25, -0.2) is 18.4 Å². The summed E-state index contributed by atoms with van der Waals surface area (Å²) in [5, 5.41) is 14.0. The van der Waals surface area contributed by atoms with E-state index in [-0.39, 0.29) is 40.7 Å². The third kappa shape index (κ3) is 4.64. The number of carbonyl (C=O) groups is 2. The molecule has 0 aliphatic rings. The molecule has 1 aromatic carbocycles. The molecular weight excluding hydrogens is 370 g/mol. The van der Waals surface area contributed by atoms with Gasteiger partial charge >= 0.3 is 12.0 Å². The van der Waals surface area contributed by atoms with Crippen LogP contribution in [0.4, 0.5) is 18.6 Å². The number of anilines is 1. The number of carboxylic acid groups (broad SMARTS) is 1. The Morgan fingerprint density at radius 2 is 2.08 bits per heavy atom. The molecule has 0 saturated carbocycles. The van der Waals surface area contributed by atoms with Crippen molar-refractivity contribution >= 4 is 28.5 Å². The van der Waals surface area contributed by atoms with E-state index in [1.807, 2.05) is 0 Å². The van der Waals surface area contributed by atoms with E-state index in [1.54, 1.807) is 0 Å². The van der Waals surface area contributed by atoms with Crippen molar-refractivity contribution in [2.45, 2.75) is 13.5 Å². The summed E-state index contributed by atoms with van der Waals surface area (Å²) >= 11 is 0.684. The van der Waals surface area contributed by atoms with E-state index in [1.165, 1.54) is 6.92 Å². The third-order valence-corrected chi connectivity index (χ3v) is 3.97. The van der Waals surface area contributed by atoms with E-state index in [2.05, 4.69) is 15.0 Å². The summed E-state index contributed by atoms with van der Waals surface area (Å²) in [6.07, 6.45) is 0. The van der Waals surface area contributed by atoms with Gasteiger partial charge in [-0.1, -0.05) is 0 Å². The fourth-order valence-corrected chi connectivity index (χ4v) is 2.65. The standard InChI is InChI=1S/C15H16F2N4O4S/c1-7-4-10(17)8(5-9(7)16)6-25-12-11(14(22)23)13(26-21-12)20-15(24)19-3-2-18/h4-5H,2-3,6,18H2,1H3,(H,22,23)(H2,19,20,24). The lowest BCUT2D eigenvalue weighted by Crippen LogP contribution is -2.33. The Morgan fingerprint density at radius 3 is 2.73 bits per heavy atom. The molecule has 26 heavy (non-hydrogen) atoms. The van der Waals surface area contributed by atoms with Crippen molar-refractivity contribution in [2.75, 3.05) is 18.4 Å². The third-order valence-electron chi connectivity index (χ3n) is 3.22. The maximum Gasteiger partial charge on any atom is 0.344 e. The van der Waals surface area contributed by atoms with E-state index in [9.17, 15) is 23.5 Å². The first-order valence-electron chi connectivity index (χ1n) is 7.38. The van der Waals surface area contributed by atoms with Gasteiger partial charge in [-0.15, -0.1) is 0 Å². The summed E-state index contributed by atoms with van der Waals surface area (Å²) in [6.45, 7) is 1.41. The number of nitrogens with one attached hydrogen (secondary N) is 2. The Bertz CT molecular complexity index is 828. The predicted molar refractivity (Wildman–Crippen MR) is 90.6 cm³/mol. The summed E-state index contributed by atoms with van der Waals surface area (Å²) in [6, 6.07) is 1.33. The molecule has 8 nitrogen and oxygen atoms in total. The molecule has 1 aromatic heterocycles. The quantitative estimate of drug-likeness (QED) is 0.577.